The number of rotatable bonds is 6. The third-order valence-electron chi connectivity index (χ3n) is 4.64. The molecule has 7 heteroatoms. The van der Waals surface area contributed by atoms with E-state index in [2.05, 4.69) is 15.4 Å². The number of hydrogen-bond acceptors (Lipinski definition) is 4. The van der Waals surface area contributed by atoms with Crippen molar-refractivity contribution in [1.29, 1.82) is 0 Å². The van der Waals surface area contributed by atoms with Crippen molar-refractivity contribution in [3.05, 3.63) is 72.3 Å². The number of anilines is 2. The van der Waals surface area contributed by atoms with Gasteiger partial charge in [-0.25, -0.2) is 4.79 Å². The number of nitrogens with one attached hydrogen (secondary N) is 2. The van der Waals surface area contributed by atoms with E-state index in [0.29, 0.717) is 16.9 Å². The predicted molar refractivity (Wildman–Crippen MR) is 117 cm³/mol. The molecule has 0 saturated carbocycles. The van der Waals surface area contributed by atoms with Crippen LogP contribution in [0, 0.1) is 0 Å². The second kappa shape index (κ2) is 9.56. The van der Waals surface area contributed by atoms with Crippen molar-refractivity contribution in [3.63, 3.8) is 0 Å². The fourth-order valence-electron chi connectivity index (χ4n) is 2.96. The summed E-state index contributed by atoms with van der Waals surface area (Å²) >= 11 is 0. The molecule has 0 aliphatic rings. The molecule has 0 unspecified atom stereocenters. The quantitative estimate of drug-likeness (QED) is 0.653. The van der Waals surface area contributed by atoms with Gasteiger partial charge in [0.25, 0.3) is 5.91 Å². The van der Waals surface area contributed by atoms with E-state index in [1.165, 1.54) is 12.0 Å². The number of methoxy groups -OCH3 is 1. The molecule has 0 bridgehead atoms. The maximum atomic E-state index is 12.3. The van der Waals surface area contributed by atoms with Crippen molar-refractivity contribution in [2.24, 2.45) is 0 Å². The molecule has 0 fully saturated rings. The summed E-state index contributed by atoms with van der Waals surface area (Å²) in [5.41, 5.74) is 1.80. The van der Waals surface area contributed by atoms with E-state index in [1.54, 1.807) is 37.4 Å². The van der Waals surface area contributed by atoms with Gasteiger partial charge in [0.2, 0.25) is 5.91 Å². The number of ether oxygens (including phenoxy) is 1. The van der Waals surface area contributed by atoms with Crippen LogP contribution in [0.3, 0.4) is 0 Å². The third-order valence-corrected chi connectivity index (χ3v) is 4.64. The SMILES string of the molecule is COC(=O)N(C)c1ccc(NC(=O)CCNC(=O)c2ccc3ccccc3c2)cc1. The summed E-state index contributed by atoms with van der Waals surface area (Å²) in [6.45, 7) is 0.223. The first-order chi connectivity index (χ1) is 14.5. The molecule has 3 amide bonds. The molecule has 0 saturated heterocycles. The van der Waals surface area contributed by atoms with E-state index in [-0.39, 0.29) is 24.8 Å². The minimum atomic E-state index is -0.478. The zero-order valence-electron chi connectivity index (χ0n) is 16.8. The lowest BCUT2D eigenvalue weighted by atomic mass is 10.1. The smallest absolute Gasteiger partial charge is 0.413 e. The van der Waals surface area contributed by atoms with Crippen LogP contribution in [0.15, 0.2) is 66.7 Å². The van der Waals surface area contributed by atoms with Crippen molar-refractivity contribution >= 4 is 40.1 Å². The standard InChI is InChI=1S/C23H23N3O4/c1-26(23(29)30-2)20-11-9-19(10-12-20)25-21(27)13-14-24-22(28)18-8-7-16-5-3-4-6-17(16)15-18/h3-12,15H,13-14H2,1-2H3,(H,24,28)(H,25,27). The lowest BCUT2D eigenvalue weighted by molar-refractivity contribution is -0.116. The molecule has 0 heterocycles. The molecular weight excluding hydrogens is 382 g/mol. The lowest BCUT2D eigenvalue weighted by Gasteiger charge is -2.16. The average Bonchev–Trinajstić information content (AvgIpc) is 2.78. The lowest BCUT2D eigenvalue weighted by Crippen LogP contribution is -2.27. The molecule has 3 aromatic carbocycles. The summed E-state index contributed by atoms with van der Waals surface area (Å²) in [6, 6.07) is 20.1. The molecule has 3 aromatic rings. The topological polar surface area (TPSA) is 87.7 Å². The fraction of sp³-hybridized carbons (Fsp3) is 0.174. The number of carbonyl (C=O) groups excluding carboxylic acids is 3. The highest BCUT2D eigenvalue weighted by atomic mass is 16.5. The maximum Gasteiger partial charge on any atom is 0.413 e. The molecule has 0 aliphatic heterocycles. The molecule has 2 N–H and O–H groups in total. The van der Waals surface area contributed by atoms with E-state index in [9.17, 15) is 14.4 Å². The largest absolute Gasteiger partial charge is 0.452 e. The monoisotopic (exact) mass is 405 g/mol. The van der Waals surface area contributed by atoms with Gasteiger partial charge in [-0.2, -0.15) is 0 Å². The normalized spacial score (nSPS) is 10.3. The number of benzene rings is 3. The number of fused-ring (bicyclic) bond motifs is 1. The Morgan fingerprint density at radius 3 is 2.33 bits per heavy atom. The van der Waals surface area contributed by atoms with Gasteiger partial charge in [-0.05, 0) is 47.2 Å². The molecule has 7 nitrogen and oxygen atoms in total. The van der Waals surface area contributed by atoms with Crippen LogP contribution >= 0.6 is 0 Å². The van der Waals surface area contributed by atoms with E-state index in [0.717, 1.165) is 10.8 Å². The number of amides is 3. The molecule has 0 aliphatic carbocycles. The van der Waals surface area contributed by atoms with Crippen molar-refractivity contribution in [1.82, 2.24) is 5.32 Å². The number of carbonyl (C=O) groups is 3. The highest BCUT2D eigenvalue weighted by molar-refractivity contribution is 5.99. The van der Waals surface area contributed by atoms with Crippen LogP contribution in [-0.4, -0.2) is 38.6 Å². The second-order valence-electron chi connectivity index (χ2n) is 6.69. The molecule has 3 rings (SSSR count). The Labute approximate surface area is 174 Å². The van der Waals surface area contributed by atoms with Gasteiger partial charge < -0.3 is 15.4 Å². The van der Waals surface area contributed by atoms with Crippen molar-refractivity contribution < 1.29 is 19.1 Å². The van der Waals surface area contributed by atoms with Crippen molar-refractivity contribution in [3.8, 4) is 0 Å². The van der Waals surface area contributed by atoms with Gasteiger partial charge in [-0.1, -0.05) is 30.3 Å². The highest BCUT2D eigenvalue weighted by Crippen LogP contribution is 2.18. The Morgan fingerprint density at radius 1 is 0.933 bits per heavy atom. The van der Waals surface area contributed by atoms with Crippen molar-refractivity contribution in [2.75, 3.05) is 30.9 Å². The molecule has 0 radical (unpaired) electrons. The van der Waals surface area contributed by atoms with Gasteiger partial charge in [0.1, 0.15) is 0 Å². The Morgan fingerprint density at radius 2 is 1.63 bits per heavy atom. The average molecular weight is 405 g/mol. The summed E-state index contributed by atoms with van der Waals surface area (Å²) in [4.78, 5) is 37.3. The van der Waals surface area contributed by atoms with Crippen LogP contribution in [0.2, 0.25) is 0 Å². The first-order valence-electron chi connectivity index (χ1n) is 9.46. The molecule has 0 spiro atoms. The van der Waals surface area contributed by atoms with Crippen LogP contribution < -0.4 is 15.5 Å². The summed E-state index contributed by atoms with van der Waals surface area (Å²) in [6.07, 6.45) is -0.336. The molecule has 154 valence electrons. The highest BCUT2D eigenvalue weighted by Gasteiger charge is 2.11. The van der Waals surface area contributed by atoms with Crippen molar-refractivity contribution in [2.45, 2.75) is 6.42 Å². The number of nitrogens with zero attached hydrogens (tertiary/aromatic N) is 1. The fourth-order valence-corrected chi connectivity index (χ4v) is 2.96. The molecule has 30 heavy (non-hydrogen) atoms. The first kappa shape index (κ1) is 20.9. The molecule has 0 atom stereocenters. The molecule has 0 aromatic heterocycles. The van der Waals surface area contributed by atoms with E-state index in [4.69, 9.17) is 0 Å². The second-order valence-corrected chi connectivity index (χ2v) is 6.69. The van der Waals surface area contributed by atoms with Crippen LogP contribution in [0.4, 0.5) is 16.2 Å². The summed E-state index contributed by atoms with van der Waals surface area (Å²) in [5, 5.41) is 7.59. The Balaban J connectivity index is 1.48. The summed E-state index contributed by atoms with van der Waals surface area (Å²) in [7, 11) is 2.91. The predicted octanol–water partition coefficient (Wildman–Crippen LogP) is 3.80. The van der Waals surface area contributed by atoms with Crippen LogP contribution in [0.5, 0.6) is 0 Å². The zero-order chi connectivity index (χ0) is 21.5. The van der Waals surface area contributed by atoms with Crippen LogP contribution in [-0.2, 0) is 9.53 Å². The van der Waals surface area contributed by atoms with Gasteiger partial charge in [-0.3, -0.25) is 14.5 Å². The Kier molecular flexibility index (Phi) is 6.64. The Hall–Kier alpha value is -3.87. The summed E-state index contributed by atoms with van der Waals surface area (Å²) < 4.78 is 4.66. The number of hydrogen-bond donors (Lipinski definition) is 2. The van der Waals surface area contributed by atoms with E-state index < -0.39 is 6.09 Å². The van der Waals surface area contributed by atoms with Gasteiger partial charge in [0.15, 0.2) is 0 Å². The van der Waals surface area contributed by atoms with Gasteiger partial charge in [0.05, 0.1) is 7.11 Å². The Bertz CT molecular complexity index is 1060. The van der Waals surface area contributed by atoms with Gasteiger partial charge in [0, 0.05) is 37.0 Å². The third kappa shape index (κ3) is 5.14. The first-order valence-corrected chi connectivity index (χ1v) is 9.46. The van der Waals surface area contributed by atoms with E-state index >= 15 is 0 Å². The van der Waals surface area contributed by atoms with Crippen LogP contribution in [0.25, 0.3) is 10.8 Å². The minimum Gasteiger partial charge on any atom is -0.452 e. The maximum absolute atomic E-state index is 12.3. The zero-order valence-corrected chi connectivity index (χ0v) is 16.8. The van der Waals surface area contributed by atoms with Gasteiger partial charge >= 0.3 is 6.09 Å². The summed E-state index contributed by atoms with van der Waals surface area (Å²) in [5.74, 6) is -0.438. The van der Waals surface area contributed by atoms with Crippen LogP contribution in [0.1, 0.15) is 16.8 Å². The minimum absolute atomic E-state index is 0.142. The van der Waals surface area contributed by atoms with E-state index in [1.807, 2.05) is 36.4 Å². The van der Waals surface area contributed by atoms with Gasteiger partial charge in [-0.15, -0.1) is 0 Å². The molecular formula is C23H23N3O4.